The highest BCUT2D eigenvalue weighted by Crippen LogP contribution is 2.64. The Morgan fingerprint density at radius 3 is 2.65 bits per heavy atom. The van der Waals surface area contributed by atoms with E-state index in [-0.39, 0.29) is 47.5 Å². The van der Waals surface area contributed by atoms with Gasteiger partial charge in [0.1, 0.15) is 17.9 Å². The molecule has 2 saturated heterocycles. The summed E-state index contributed by atoms with van der Waals surface area (Å²) in [6.45, 7) is 17.3. The minimum absolute atomic E-state index is 0.000465. The summed E-state index contributed by atoms with van der Waals surface area (Å²) in [6, 6.07) is 10.9. The van der Waals surface area contributed by atoms with Gasteiger partial charge in [-0.25, -0.2) is 0 Å². The third-order valence-electron chi connectivity index (χ3n) is 13.3. The first kappa shape index (κ1) is 32.8. The number of likely N-dealkylation sites (N-methyl/N-ethyl adjacent to an activating group) is 1. The SMILES string of the molecule is C=C1OC[C@H]2c3c4c(c(C)c(C)c3[C@@H](SC[C@]13N[C@H](C)Cc1c3[nH]c3ccccc13)C1[C@H]3c5c(cc(C)c(OC)c5O)CC(C)(CN3C)N12)OCO4. The smallest absolute Gasteiger partial charge is 0.231 e. The fourth-order valence-electron chi connectivity index (χ4n) is 11.3. The predicted molar refractivity (Wildman–Crippen MR) is 204 cm³/mol. The minimum atomic E-state index is -0.641. The van der Waals surface area contributed by atoms with E-state index in [1.807, 2.05) is 18.7 Å². The molecule has 1 spiro atoms. The van der Waals surface area contributed by atoms with Crippen molar-refractivity contribution in [1.82, 2.24) is 20.1 Å². The topological polar surface area (TPSA) is 91.5 Å². The number of ether oxygens (including phenoxy) is 4. The Morgan fingerprint density at radius 2 is 1.85 bits per heavy atom. The molecule has 3 aromatic carbocycles. The summed E-state index contributed by atoms with van der Waals surface area (Å²) in [5.74, 6) is 3.98. The van der Waals surface area contributed by atoms with Gasteiger partial charge in [-0.1, -0.05) is 30.8 Å². The van der Waals surface area contributed by atoms with Gasteiger partial charge in [0, 0.05) is 62.9 Å². The van der Waals surface area contributed by atoms with Crippen LogP contribution in [0.5, 0.6) is 23.0 Å². The highest BCUT2D eigenvalue weighted by Gasteiger charge is 2.62. The van der Waals surface area contributed by atoms with E-state index in [0.29, 0.717) is 18.1 Å². The Bertz CT molecular complexity index is 2220. The number of aromatic amines is 1. The summed E-state index contributed by atoms with van der Waals surface area (Å²) in [5, 5.41) is 17.5. The molecule has 12 rings (SSSR count). The van der Waals surface area contributed by atoms with E-state index in [9.17, 15) is 5.11 Å². The molecular weight excluding hydrogens is 673 g/mol. The van der Waals surface area contributed by atoms with Crippen LogP contribution in [0.2, 0.25) is 0 Å². The van der Waals surface area contributed by atoms with Crippen LogP contribution in [0.15, 0.2) is 42.7 Å². The highest BCUT2D eigenvalue weighted by atomic mass is 32.2. The predicted octanol–water partition coefficient (Wildman–Crippen LogP) is 7.01. The summed E-state index contributed by atoms with van der Waals surface area (Å²) >= 11 is 1.98. The molecule has 4 aromatic rings. The lowest BCUT2D eigenvalue weighted by atomic mass is 9.75. The molecule has 3 unspecified atom stereocenters. The second-order valence-corrected chi connectivity index (χ2v) is 17.5. The lowest BCUT2D eigenvalue weighted by Crippen LogP contribution is -2.68. The van der Waals surface area contributed by atoms with Gasteiger partial charge in [0.15, 0.2) is 23.0 Å². The van der Waals surface area contributed by atoms with E-state index in [2.05, 4.69) is 85.2 Å². The summed E-state index contributed by atoms with van der Waals surface area (Å²) in [5.41, 5.74) is 10.7. The molecule has 10 heteroatoms. The van der Waals surface area contributed by atoms with Gasteiger partial charge in [0.25, 0.3) is 0 Å². The van der Waals surface area contributed by atoms with Gasteiger partial charge in [-0.05, 0) is 94.0 Å². The zero-order valence-electron chi connectivity index (χ0n) is 31.1. The number of aromatic nitrogens is 1. The monoisotopic (exact) mass is 720 g/mol. The Kier molecular flexibility index (Phi) is 7.00. The highest BCUT2D eigenvalue weighted by molar-refractivity contribution is 7.99. The molecule has 3 N–H and O–H groups in total. The number of phenols is 1. The van der Waals surface area contributed by atoms with Gasteiger partial charge >= 0.3 is 0 Å². The molecular formula is C42H48N4O5S. The Balaban J connectivity index is 1.24. The van der Waals surface area contributed by atoms with Crippen molar-refractivity contribution in [3.05, 3.63) is 92.9 Å². The third-order valence-corrected chi connectivity index (χ3v) is 14.8. The molecule has 9 heterocycles. The third kappa shape index (κ3) is 4.12. The lowest BCUT2D eigenvalue weighted by molar-refractivity contribution is -0.106. The van der Waals surface area contributed by atoms with Crippen molar-refractivity contribution >= 4 is 22.7 Å². The van der Waals surface area contributed by atoms with Gasteiger partial charge in [-0.3, -0.25) is 15.1 Å². The molecule has 0 amide bonds. The van der Waals surface area contributed by atoms with Crippen LogP contribution in [-0.4, -0.2) is 77.4 Å². The van der Waals surface area contributed by atoms with Gasteiger partial charge in [0.2, 0.25) is 6.79 Å². The van der Waals surface area contributed by atoms with Crippen molar-refractivity contribution < 1.29 is 24.1 Å². The van der Waals surface area contributed by atoms with E-state index in [4.69, 9.17) is 25.5 Å². The number of thioether (sulfide) groups is 1. The van der Waals surface area contributed by atoms with Crippen LogP contribution >= 0.6 is 11.8 Å². The van der Waals surface area contributed by atoms with E-state index in [0.717, 1.165) is 64.5 Å². The number of nitrogens with zero attached hydrogens (tertiary/aromatic N) is 2. The summed E-state index contributed by atoms with van der Waals surface area (Å²) in [6.07, 6.45) is 1.71. The number of nitrogens with one attached hydrogen (secondary N) is 2. The number of benzene rings is 3. The van der Waals surface area contributed by atoms with Crippen molar-refractivity contribution in [2.24, 2.45) is 0 Å². The quantitative estimate of drug-likeness (QED) is 0.192. The molecule has 9 nitrogen and oxygen atoms in total. The molecule has 0 radical (unpaired) electrons. The number of H-pyrrole nitrogens is 1. The van der Waals surface area contributed by atoms with E-state index >= 15 is 0 Å². The molecule has 0 saturated carbocycles. The minimum Gasteiger partial charge on any atom is -0.504 e. The molecule has 272 valence electrons. The molecule has 1 aromatic heterocycles. The number of hydrogen-bond donors (Lipinski definition) is 3. The van der Waals surface area contributed by atoms with Crippen LogP contribution in [0.25, 0.3) is 10.9 Å². The van der Waals surface area contributed by atoms with E-state index in [1.165, 1.54) is 33.2 Å². The van der Waals surface area contributed by atoms with Crippen LogP contribution in [-0.2, 0) is 23.1 Å². The first-order valence-corrected chi connectivity index (χ1v) is 19.6. The van der Waals surface area contributed by atoms with Gasteiger partial charge in [-0.2, -0.15) is 0 Å². The fraction of sp³-hybridized carbons (Fsp3) is 0.476. The van der Waals surface area contributed by atoms with Crippen molar-refractivity contribution in [3.63, 3.8) is 0 Å². The maximum atomic E-state index is 12.1. The molecule has 8 atom stereocenters. The van der Waals surface area contributed by atoms with Crippen LogP contribution < -0.4 is 19.5 Å². The van der Waals surface area contributed by atoms with Crippen molar-refractivity contribution in [2.45, 2.75) is 88.0 Å². The number of phenolic OH excluding ortho intramolecular Hbond substituents is 1. The number of aryl methyl sites for hydroxylation is 1. The second-order valence-electron chi connectivity index (χ2n) is 16.4. The van der Waals surface area contributed by atoms with Crippen LogP contribution in [0.4, 0.5) is 0 Å². The number of para-hydroxylation sites is 1. The normalized spacial score (nSPS) is 32.9. The van der Waals surface area contributed by atoms with Crippen molar-refractivity contribution in [3.8, 4) is 23.0 Å². The number of piperazine rings is 1. The maximum Gasteiger partial charge on any atom is 0.231 e. The Morgan fingerprint density at radius 1 is 1.06 bits per heavy atom. The fourth-order valence-corrected chi connectivity index (χ4v) is 13.1. The lowest BCUT2D eigenvalue weighted by Gasteiger charge is -2.62. The van der Waals surface area contributed by atoms with Crippen molar-refractivity contribution in [1.29, 1.82) is 0 Å². The number of aromatic hydroxyl groups is 1. The standard InChI is InChI=1S/C42H48N4O5S/c1-20-13-25-15-41(6)17-45(7)33(31(25)35(47)36(20)48-8)34-39-30-22(3)23(4)37-38(51-19-50-37)32(30)29(46(34)41)16-49-24(5)42(18-52-39)40-27(14-21(2)44-42)26-11-9-10-12-28(26)43-40/h9-13,21,29,33-34,39,43-44,47H,5,14-19H2,1-4,6-8H3/t21-,29+,33-,34?,39-,41?,42+/m1/s1. The summed E-state index contributed by atoms with van der Waals surface area (Å²) < 4.78 is 25.6. The molecule has 0 aliphatic carbocycles. The Hall–Kier alpha value is -3.83. The summed E-state index contributed by atoms with van der Waals surface area (Å²) in [4.78, 5) is 9.10. The van der Waals surface area contributed by atoms with Crippen LogP contribution in [0.3, 0.4) is 0 Å². The van der Waals surface area contributed by atoms with Gasteiger partial charge in [0.05, 0.1) is 19.2 Å². The number of fused-ring (bicyclic) bond motifs is 8. The Labute approximate surface area is 309 Å². The number of rotatable bonds is 1. The second kappa shape index (κ2) is 11.1. The van der Waals surface area contributed by atoms with Gasteiger partial charge in [-0.15, -0.1) is 11.8 Å². The van der Waals surface area contributed by atoms with Crippen LogP contribution in [0, 0.1) is 20.8 Å². The first-order chi connectivity index (χ1) is 25.0. The van der Waals surface area contributed by atoms with E-state index in [1.54, 1.807) is 7.11 Å². The molecule has 2 fully saturated rings. The number of methoxy groups -OCH3 is 1. The average Bonchev–Trinajstić information content (AvgIpc) is 3.70. The maximum absolute atomic E-state index is 12.1. The molecule has 8 aliphatic heterocycles. The van der Waals surface area contributed by atoms with Gasteiger partial charge < -0.3 is 29.0 Å². The van der Waals surface area contributed by atoms with Crippen LogP contribution in [0.1, 0.15) is 81.4 Å². The molecule has 8 aliphatic rings. The first-order valence-electron chi connectivity index (χ1n) is 18.6. The van der Waals surface area contributed by atoms with E-state index < -0.39 is 5.54 Å². The molecule has 4 bridgehead atoms. The zero-order valence-corrected chi connectivity index (χ0v) is 31.9. The van der Waals surface area contributed by atoms with Crippen molar-refractivity contribution in [2.75, 3.05) is 39.9 Å². The average molecular weight is 721 g/mol. The summed E-state index contributed by atoms with van der Waals surface area (Å²) in [7, 11) is 3.89. The zero-order chi connectivity index (χ0) is 36.0. The number of hydrogen-bond acceptors (Lipinski definition) is 9. The molecule has 52 heavy (non-hydrogen) atoms. The largest absolute Gasteiger partial charge is 0.504 e.